The molecule has 0 atom stereocenters. The van der Waals surface area contributed by atoms with E-state index in [1.54, 1.807) is 0 Å². The van der Waals surface area contributed by atoms with Crippen molar-refractivity contribution in [2.45, 2.75) is 38.5 Å². The summed E-state index contributed by atoms with van der Waals surface area (Å²) in [4.78, 5) is 6.41. The third-order valence-corrected chi connectivity index (χ3v) is 7.88. The predicted molar refractivity (Wildman–Crippen MR) is 131 cm³/mol. The molecular formula is C25H26ClFN2O4S. The number of halogens is 2. The van der Waals surface area contributed by atoms with Gasteiger partial charge in [0.25, 0.3) is 0 Å². The number of benzene rings is 2. The van der Waals surface area contributed by atoms with Crippen molar-refractivity contribution in [1.29, 1.82) is 0 Å². The number of unbranched alkanes of at least 4 members (excludes halogenated alkanes) is 1. The number of fused-ring (bicyclic) bond motifs is 1. The molecule has 34 heavy (non-hydrogen) atoms. The maximum atomic E-state index is 13.4. The molecule has 0 radical (unpaired) electrons. The first-order valence-corrected chi connectivity index (χ1v) is 13.1. The highest BCUT2D eigenvalue weighted by atomic mass is 35.5. The Kier molecular flexibility index (Phi) is 7.00. The minimum Gasteiger partial charge on any atom is -0.437 e. The van der Waals surface area contributed by atoms with Gasteiger partial charge in [0.15, 0.2) is 9.84 Å². The molecular weight excluding hydrogens is 479 g/mol. The van der Waals surface area contributed by atoms with Gasteiger partial charge in [-0.25, -0.2) is 12.8 Å². The maximum absolute atomic E-state index is 13.4. The van der Waals surface area contributed by atoms with Gasteiger partial charge in [-0.1, -0.05) is 43.1 Å². The van der Waals surface area contributed by atoms with Gasteiger partial charge >= 0.3 is 0 Å². The smallest absolute Gasteiger partial charge is 0.247 e. The molecule has 0 aliphatic carbocycles. The number of hydrogen-bond donors (Lipinski definition) is 0. The molecule has 2 heterocycles. The molecule has 180 valence electrons. The lowest BCUT2D eigenvalue weighted by atomic mass is 10.1. The summed E-state index contributed by atoms with van der Waals surface area (Å²) < 4.78 is 51.9. The van der Waals surface area contributed by atoms with Crippen molar-refractivity contribution in [3.05, 3.63) is 64.4 Å². The molecule has 0 amide bonds. The molecule has 0 saturated carbocycles. The van der Waals surface area contributed by atoms with Gasteiger partial charge in [-0.05, 0) is 55.7 Å². The Morgan fingerprint density at radius 2 is 1.74 bits per heavy atom. The van der Waals surface area contributed by atoms with E-state index >= 15 is 0 Å². The molecule has 0 fully saturated rings. The van der Waals surface area contributed by atoms with Crippen LogP contribution >= 0.6 is 11.6 Å². The summed E-state index contributed by atoms with van der Waals surface area (Å²) in [6.45, 7) is 6.74. The van der Waals surface area contributed by atoms with E-state index in [0.717, 1.165) is 24.0 Å². The van der Waals surface area contributed by atoms with E-state index in [1.807, 2.05) is 36.9 Å². The molecule has 0 N–H and O–H groups in total. The van der Waals surface area contributed by atoms with Crippen LogP contribution in [-0.4, -0.2) is 32.2 Å². The van der Waals surface area contributed by atoms with Gasteiger partial charge in [-0.2, -0.15) is 4.98 Å². The van der Waals surface area contributed by atoms with Crippen molar-refractivity contribution in [3.8, 4) is 23.3 Å². The number of aromatic nitrogens is 1. The van der Waals surface area contributed by atoms with Gasteiger partial charge in [0.2, 0.25) is 11.8 Å². The number of ether oxygens (including phenoxy) is 2. The first-order chi connectivity index (χ1) is 16.2. The molecule has 0 spiro atoms. The minimum absolute atomic E-state index is 0.0478. The van der Waals surface area contributed by atoms with Crippen molar-refractivity contribution in [1.82, 2.24) is 4.98 Å². The van der Waals surface area contributed by atoms with Crippen LogP contribution < -0.4 is 14.4 Å². The number of anilines is 1. The number of nitrogens with zero attached hydrogens (tertiary/aromatic N) is 2. The summed E-state index contributed by atoms with van der Waals surface area (Å²) in [7, 11) is -3.72. The van der Waals surface area contributed by atoms with Crippen molar-refractivity contribution < 1.29 is 22.3 Å². The fourth-order valence-electron chi connectivity index (χ4n) is 3.88. The standard InChI is InChI=1S/C25H26ClFN2O4S/c1-4-5-13-29-14-15-34(30,31)23-20(26)24(33-22-16(2)7-6-8-17(22)3)28-25(21(23)29)32-19-11-9-18(27)10-12-19/h6-12H,4-5,13-15H2,1-3H3. The normalized spacial score (nSPS) is 14.6. The lowest BCUT2D eigenvalue weighted by molar-refractivity contribution is 0.418. The topological polar surface area (TPSA) is 68.7 Å². The Balaban J connectivity index is 1.91. The average molecular weight is 505 g/mol. The molecule has 4 rings (SSSR count). The quantitative estimate of drug-likeness (QED) is 0.367. The Morgan fingerprint density at radius 3 is 2.38 bits per heavy atom. The van der Waals surface area contributed by atoms with Crippen LogP contribution in [0.2, 0.25) is 5.02 Å². The van der Waals surface area contributed by atoms with Crippen molar-refractivity contribution in [2.75, 3.05) is 23.7 Å². The van der Waals surface area contributed by atoms with Gasteiger partial charge in [-0.15, -0.1) is 0 Å². The average Bonchev–Trinajstić information content (AvgIpc) is 2.79. The number of rotatable bonds is 7. The highest BCUT2D eigenvalue weighted by molar-refractivity contribution is 7.91. The zero-order valence-corrected chi connectivity index (χ0v) is 20.8. The van der Waals surface area contributed by atoms with Crippen LogP contribution in [0.1, 0.15) is 30.9 Å². The summed E-state index contributed by atoms with van der Waals surface area (Å²) in [5.41, 5.74) is 2.01. The zero-order chi connectivity index (χ0) is 24.5. The van der Waals surface area contributed by atoms with Crippen LogP contribution in [0.3, 0.4) is 0 Å². The van der Waals surface area contributed by atoms with E-state index < -0.39 is 15.7 Å². The number of sulfone groups is 1. The summed E-state index contributed by atoms with van der Waals surface area (Å²) in [5.74, 6) is 0.356. The fourth-order valence-corrected chi connectivity index (χ4v) is 5.94. The number of para-hydroxylation sites is 1. The minimum atomic E-state index is -3.72. The van der Waals surface area contributed by atoms with Crippen LogP contribution in [0.5, 0.6) is 23.3 Å². The predicted octanol–water partition coefficient (Wildman–Crippen LogP) is 6.47. The van der Waals surface area contributed by atoms with Gasteiger partial charge < -0.3 is 14.4 Å². The third-order valence-electron chi connectivity index (χ3n) is 5.68. The Labute approximate surface area is 204 Å². The lowest BCUT2D eigenvalue weighted by Gasteiger charge is -2.32. The molecule has 3 aromatic rings. The molecule has 0 unspecified atom stereocenters. The first-order valence-electron chi connectivity index (χ1n) is 11.1. The first kappa shape index (κ1) is 24.3. The van der Waals surface area contributed by atoms with E-state index in [2.05, 4.69) is 11.9 Å². The molecule has 0 bridgehead atoms. The van der Waals surface area contributed by atoms with Crippen LogP contribution in [-0.2, 0) is 9.84 Å². The fraction of sp³-hybridized carbons (Fsp3) is 0.320. The number of pyridine rings is 1. The van der Waals surface area contributed by atoms with Crippen molar-refractivity contribution >= 4 is 27.1 Å². The van der Waals surface area contributed by atoms with Gasteiger partial charge in [0.1, 0.15) is 32.9 Å². The van der Waals surface area contributed by atoms with E-state index in [-0.39, 0.29) is 27.4 Å². The summed E-state index contributed by atoms with van der Waals surface area (Å²) in [5, 5.41) is -0.0784. The third kappa shape index (κ3) is 4.83. The molecule has 1 aliphatic rings. The largest absolute Gasteiger partial charge is 0.437 e. The number of hydrogen-bond acceptors (Lipinski definition) is 6. The Bertz CT molecular complexity index is 1290. The summed E-state index contributed by atoms with van der Waals surface area (Å²) in [6.07, 6.45) is 1.79. The molecule has 6 nitrogen and oxygen atoms in total. The van der Waals surface area contributed by atoms with Gasteiger partial charge in [-0.3, -0.25) is 0 Å². The van der Waals surface area contributed by atoms with E-state index in [1.165, 1.54) is 24.3 Å². The van der Waals surface area contributed by atoms with Crippen LogP contribution in [0, 0.1) is 19.7 Å². The monoisotopic (exact) mass is 504 g/mol. The van der Waals surface area contributed by atoms with Crippen LogP contribution in [0.15, 0.2) is 47.4 Å². The van der Waals surface area contributed by atoms with Crippen LogP contribution in [0.25, 0.3) is 0 Å². The van der Waals surface area contributed by atoms with Crippen molar-refractivity contribution in [3.63, 3.8) is 0 Å². The summed E-state index contributed by atoms with van der Waals surface area (Å²) in [6, 6.07) is 11.1. The maximum Gasteiger partial charge on any atom is 0.247 e. The second-order valence-corrected chi connectivity index (χ2v) is 10.7. The SMILES string of the molecule is CCCCN1CCS(=O)(=O)c2c(Cl)c(Oc3c(C)cccc3C)nc(Oc3ccc(F)cc3)c21. The molecule has 1 aliphatic heterocycles. The van der Waals surface area contributed by atoms with Crippen molar-refractivity contribution in [2.24, 2.45) is 0 Å². The van der Waals surface area contributed by atoms with Gasteiger partial charge in [0, 0.05) is 13.1 Å². The number of aryl methyl sites for hydroxylation is 2. The second kappa shape index (κ2) is 9.80. The highest BCUT2D eigenvalue weighted by Gasteiger charge is 2.37. The van der Waals surface area contributed by atoms with E-state index in [0.29, 0.717) is 30.3 Å². The zero-order valence-electron chi connectivity index (χ0n) is 19.3. The van der Waals surface area contributed by atoms with Gasteiger partial charge in [0.05, 0.1) is 5.75 Å². The highest BCUT2D eigenvalue weighted by Crippen LogP contribution is 2.48. The Hall–Kier alpha value is -2.84. The van der Waals surface area contributed by atoms with E-state index in [4.69, 9.17) is 21.1 Å². The molecule has 1 aromatic heterocycles. The molecule has 2 aromatic carbocycles. The molecule has 9 heteroatoms. The Morgan fingerprint density at radius 1 is 1.06 bits per heavy atom. The summed E-state index contributed by atoms with van der Waals surface area (Å²) >= 11 is 6.66. The molecule has 0 saturated heterocycles. The lowest BCUT2D eigenvalue weighted by Crippen LogP contribution is -2.36. The second-order valence-electron chi connectivity index (χ2n) is 8.25. The van der Waals surface area contributed by atoms with E-state index in [9.17, 15) is 12.8 Å². The van der Waals surface area contributed by atoms with Crippen LogP contribution in [0.4, 0.5) is 10.1 Å².